The number of aliphatic hydroxyl groups is 1. The molecular weight excluding hydrogens is 316 g/mol. The largest absolute Gasteiger partial charge is 0.388 e. The van der Waals surface area contributed by atoms with Gasteiger partial charge >= 0.3 is 0 Å². The summed E-state index contributed by atoms with van der Waals surface area (Å²) in [6.45, 7) is 4.31. The molecule has 1 aliphatic carbocycles. The van der Waals surface area contributed by atoms with Gasteiger partial charge < -0.3 is 14.9 Å². The van der Waals surface area contributed by atoms with Crippen LogP contribution >= 0.6 is 0 Å². The monoisotopic (exact) mass is 346 g/mol. The van der Waals surface area contributed by atoms with E-state index in [0.717, 1.165) is 69.5 Å². The van der Waals surface area contributed by atoms with Crippen LogP contribution < -0.4 is 0 Å². The smallest absolute Gasteiger partial charge is 0.274 e. The summed E-state index contributed by atoms with van der Waals surface area (Å²) >= 11 is 0. The van der Waals surface area contributed by atoms with Crippen molar-refractivity contribution in [3.63, 3.8) is 0 Å². The van der Waals surface area contributed by atoms with E-state index >= 15 is 0 Å². The van der Waals surface area contributed by atoms with Crippen molar-refractivity contribution >= 4 is 5.91 Å². The van der Waals surface area contributed by atoms with Crippen LogP contribution in [0, 0.1) is 0 Å². The van der Waals surface area contributed by atoms with Crippen LogP contribution in [0.2, 0.25) is 0 Å². The molecule has 6 nitrogen and oxygen atoms in total. The molecule has 1 atom stereocenters. The third-order valence-electron chi connectivity index (χ3n) is 6.18. The maximum atomic E-state index is 13.0. The molecule has 2 aliphatic heterocycles. The first kappa shape index (κ1) is 17.0. The highest BCUT2D eigenvalue weighted by atomic mass is 16.3. The molecule has 3 aliphatic rings. The lowest BCUT2D eigenvalue weighted by atomic mass is 9.94. The maximum absolute atomic E-state index is 13.0. The third kappa shape index (κ3) is 3.60. The van der Waals surface area contributed by atoms with Gasteiger partial charge in [0.05, 0.1) is 5.60 Å². The summed E-state index contributed by atoms with van der Waals surface area (Å²) in [5.74, 6) is 0.0461. The number of nitrogens with one attached hydrogen (secondary N) is 1. The molecule has 0 radical (unpaired) electrons. The predicted molar refractivity (Wildman–Crippen MR) is 95.6 cm³/mol. The number of carbonyl (C=O) groups excluding carboxylic acids is 1. The number of likely N-dealkylation sites (tertiary alicyclic amines) is 2. The van der Waals surface area contributed by atoms with E-state index in [1.165, 1.54) is 19.3 Å². The Morgan fingerprint density at radius 3 is 2.68 bits per heavy atom. The summed E-state index contributed by atoms with van der Waals surface area (Å²) in [6, 6.07) is 0. The van der Waals surface area contributed by atoms with Crippen LogP contribution in [0.25, 0.3) is 0 Å². The van der Waals surface area contributed by atoms with Crippen molar-refractivity contribution in [2.75, 3.05) is 32.7 Å². The fourth-order valence-corrected chi connectivity index (χ4v) is 4.70. The van der Waals surface area contributed by atoms with E-state index < -0.39 is 5.60 Å². The minimum atomic E-state index is -0.648. The number of fused-ring (bicyclic) bond motifs is 1. The van der Waals surface area contributed by atoms with Crippen molar-refractivity contribution in [3.8, 4) is 0 Å². The van der Waals surface area contributed by atoms with Crippen molar-refractivity contribution in [1.29, 1.82) is 0 Å². The molecule has 1 aromatic heterocycles. The molecule has 25 heavy (non-hydrogen) atoms. The van der Waals surface area contributed by atoms with E-state index in [-0.39, 0.29) is 5.91 Å². The number of amides is 1. The Kier molecular flexibility index (Phi) is 4.82. The number of β-amino-alcohol motifs (C(OH)–C–C–N with tert-alkyl or cyclic N) is 1. The van der Waals surface area contributed by atoms with Crippen LogP contribution in [-0.2, 0) is 12.8 Å². The molecule has 4 rings (SSSR count). The molecule has 2 N–H and O–H groups in total. The van der Waals surface area contributed by atoms with Crippen LogP contribution in [-0.4, -0.2) is 69.3 Å². The minimum absolute atomic E-state index is 0.0461. The number of aromatic amines is 1. The second kappa shape index (κ2) is 7.08. The normalized spacial score (nSPS) is 28.0. The number of hydrogen-bond acceptors (Lipinski definition) is 4. The van der Waals surface area contributed by atoms with Crippen LogP contribution in [0.15, 0.2) is 0 Å². The summed E-state index contributed by atoms with van der Waals surface area (Å²) < 4.78 is 0. The van der Waals surface area contributed by atoms with Gasteiger partial charge in [-0.25, -0.2) is 0 Å². The Morgan fingerprint density at radius 2 is 1.84 bits per heavy atom. The van der Waals surface area contributed by atoms with E-state index in [4.69, 9.17) is 0 Å². The Bertz CT molecular complexity index is 623. The topological polar surface area (TPSA) is 72.5 Å². The zero-order valence-electron chi connectivity index (χ0n) is 15.1. The maximum Gasteiger partial charge on any atom is 0.274 e. The number of nitrogens with zero attached hydrogens (tertiary/aromatic N) is 3. The fraction of sp³-hybridized carbons (Fsp3) is 0.789. The van der Waals surface area contributed by atoms with E-state index in [9.17, 15) is 9.90 Å². The highest BCUT2D eigenvalue weighted by Crippen LogP contribution is 2.27. The van der Waals surface area contributed by atoms with Crippen molar-refractivity contribution < 1.29 is 9.90 Å². The quantitative estimate of drug-likeness (QED) is 0.874. The molecule has 0 bridgehead atoms. The number of aryl methyl sites for hydroxylation is 1. The number of aromatic nitrogens is 2. The molecule has 0 saturated carbocycles. The lowest BCUT2D eigenvalue weighted by Gasteiger charge is -2.31. The second-order valence-corrected chi connectivity index (χ2v) is 8.09. The summed E-state index contributed by atoms with van der Waals surface area (Å²) in [4.78, 5) is 17.3. The van der Waals surface area contributed by atoms with E-state index in [1.54, 1.807) is 0 Å². The minimum Gasteiger partial charge on any atom is -0.388 e. The standard InChI is InChI=1S/C19H30N4O2/c24-18(17-15-6-1-2-7-16(15)20-21-17)23-12-5-8-19(25,9-13-23)14-22-10-3-4-11-22/h25H,1-14H2,(H,20,21)/t19-/m1/s1. The highest BCUT2D eigenvalue weighted by Gasteiger charge is 2.35. The molecule has 0 spiro atoms. The number of H-pyrrole nitrogens is 1. The average molecular weight is 346 g/mol. The second-order valence-electron chi connectivity index (χ2n) is 8.09. The molecule has 0 unspecified atom stereocenters. The molecule has 2 saturated heterocycles. The van der Waals surface area contributed by atoms with Crippen LogP contribution in [0.3, 0.4) is 0 Å². The number of rotatable bonds is 3. The van der Waals surface area contributed by atoms with Gasteiger partial charge in [0.1, 0.15) is 0 Å². The SMILES string of the molecule is O=C(c1n[nH]c2c1CCCC2)N1CCC[C@](O)(CN2CCCC2)CC1. The Balaban J connectivity index is 1.42. The molecule has 1 amide bonds. The van der Waals surface area contributed by atoms with Gasteiger partial charge in [-0.2, -0.15) is 5.10 Å². The van der Waals surface area contributed by atoms with Crippen molar-refractivity contribution in [2.45, 2.75) is 63.4 Å². The summed E-state index contributed by atoms with van der Waals surface area (Å²) in [5.41, 5.74) is 2.26. The number of hydrogen-bond donors (Lipinski definition) is 2. The first-order valence-electron chi connectivity index (χ1n) is 9.95. The fourth-order valence-electron chi connectivity index (χ4n) is 4.70. The van der Waals surface area contributed by atoms with E-state index in [2.05, 4.69) is 15.1 Å². The van der Waals surface area contributed by atoms with Gasteiger partial charge in [0, 0.05) is 30.9 Å². The molecule has 6 heteroatoms. The summed E-state index contributed by atoms with van der Waals surface area (Å²) in [6.07, 6.45) is 9.08. The molecule has 1 aromatic rings. The molecule has 2 fully saturated rings. The first-order chi connectivity index (χ1) is 12.1. The molecule has 3 heterocycles. The van der Waals surface area contributed by atoms with Gasteiger partial charge in [-0.1, -0.05) is 0 Å². The lowest BCUT2D eigenvalue weighted by Crippen LogP contribution is -2.43. The third-order valence-corrected chi connectivity index (χ3v) is 6.18. The van der Waals surface area contributed by atoms with Crippen molar-refractivity contribution in [3.05, 3.63) is 17.0 Å². The number of carbonyl (C=O) groups is 1. The average Bonchev–Trinajstić information content (AvgIpc) is 3.22. The lowest BCUT2D eigenvalue weighted by molar-refractivity contribution is -0.00292. The summed E-state index contributed by atoms with van der Waals surface area (Å²) in [7, 11) is 0. The zero-order valence-corrected chi connectivity index (χ0v) is 15.1. The van der Waals surface area contributed by atoms with Crippen LogP contribution in [0.1, 0.15) is 66.7 Å². The Hall–Kier alpha value is -1.40. The Morgan fingerprint density at radius 1 is 1.04 bits per heavy atom. The summed E-state index contributed by atoms with van der Waals surface area (Å²) in [5, 5.41) is 18.4. The molecule has 0 aromatic carbocycles. The van der Waals surface area contributed by atoms with Gasteiger partial charge in [-0.3, -0.25) is 9.89 Å². The molecule has 138 valence electrons. The van der Waals surface area contributed by atoms with E-state index in [0.29, 0.717) is 18.7 Å². The Labute approximate surface area is 149 Å². The van der Waals surface area contributed by atoms with Gasteiger partial charge in [0.2, 0.25) is 0 Å². The van der Waals surface area contributed by atoms with Crippen LogP contribution in [0.4, 0.5) is 0 Å². The predicted octanol–water partition coefficient (Wildman–Crippen LogP) is 1.74. The van der Waals surface area contributed by atoms with Gasteiger partial charge in [-0.05, 0) is 70.9 Å². The first-order valence-corrected chi connectivity index (χ1v) is 9.95. The van der Waals surface area contributed by atoms with Crippen LogP contribution in [0.5, 0.6) is 0 Å². The van der Waals surface area contributed by atoms with Crippen molar-refractivity contribution in [2.24, 2.45) is 0 Å². The van der Waals surface area contributed by atoms with Gasteiger partial charge in [0.25, 0.3) is 5.91 Å². The van der Waals surface area contributed by atoms with Gasteiger partial charge in [-0.15, -0.1) is 0 Å². The van der Waals surface area contributed by atoms with Crippen molar-refractivity contribution in [1.82, 2.24) is 20.0 Å². The molecular formula is C19H30N4O2. The zero-order chi connectivity index (χ0) is 17.3. The van der Waals surface area contributed by atoms with Gasteiger partial charge in [0.15, 0.2) is 5.69 Å². The highest BCUT2D eigenvalue weighted by molar-refractivity contribution is 5.94. The van der Waals surface area contributed by atoms with E-state index in [1.807, 2.05) is 4.90 Å².